The topological polar surface area (TPSA) is 40.9 Å². The standard InChI is InChI=1S/C13H14N2OS/c16-8-12-7-14-13(17)15(12)11-5-9-3-1-2-4-10(9)6-11/h1-4,7,11,16H,5-6,8H2,(H,14,17). The summed E-state index contributed by atoms with van der Waals surface area (Å²) in [5.74, 6) is 0. The maximum absolute atomic E-state index is 9.32. The fourth-order valence-corrected chi connectivity index (χ4v) is 2.98. The van der Waals surface area contributed by atoms with E-state index in [1.807, 2.05) is 0 Å². The summed E-state index contributed by atoms with van der Waals surface area (Å²) >= 11 is 5.28. The summed E-state index contributed by atoms with van der Waals surface area (Å²) in [5.41, 5.74) is 3.65. The summed E-state index contributed by atoms with van der Waals surface area (Å²) in [6.07, 6.45) is 3.79. The van der Waals surface area contributed by atoms with E-state index in [2.05, 4.69) is 33.8 Å². The highest BCUT2D eigenvalue weighted by Gasteiger charge is 2.24. The minimum absolute atomic E-state index is 0.0278. The SMILES string of the molecule is OCc1c[nH]c(=S)n1C1Cc2ccccc2C1. The molecule has 2 N–H and O–H groups in total. The Hall–Kier alpha value is -1.39. The second kappa shape index (κ2) is 4.13. The predicted octanol–water partition coefficient (Wildman–Crippen LogP) is 2.38. The average Bonchev–Trinajstić information content (AvgIpc) is 2.91. The Balaban J connectivity index is 1.99. The molecule has 0 saturated heterocycles. The number of benzene rings is 1. The third-order valence-electron chi connectivity index (χ3n) is 3.45. The maximum Gasteiger partial charge on any atom is 0.177 e. The number of nitrogens with zero attached hydrogens (tertiary/aromatic N) is 1. The van der Waals surface area contributed by atoms with Crippen LogP contribution >= 0.6 is 12.2 Å². The molecule has 0 fully saturated rings. The van der Waals surface area contributed by atoms with Crippen molar-refractivity contribution < 1.29 is 5.11 Å². The Morgan fingerprint density at radius 2 is 1.94 bits per heavy atom. The van der Waals surface area contributed by atoms with E-state index >= 15 is 0 Å². The van der Waals surface area contributed by atoms with Crippen molar-refractivity contribution in [1.29, 1.82) is 0 Å². The van der Waals surface area contributed by atoms with Crippen LogP contribution in [0.25, 0.3) is 0 Å². The average molecular weight is 246 g/mol. The molecule has 1 aromatic heterocycles. The second-order valence-corrected chi connectivity index (χ2v) is 4.83. The van der Waals surface area contributed by atoms with E-state index in [1.54, 1.807) is 6.20 Å². The summed E-state index contributed by atoms with van der Waals surface area (Å²) < 4.78 is 2.75. The first-order valence-electron chi connectivity index (χ1n) is 5.76. The molecule has 0 aliphatic heterocycles. The van der Waals surface area contributed by atoms with Crippen LogP contribution < -0.4 is 0 Å². The molecule has 0 bridgehead atoms. The molecule has 2 aromatic rings. The smallest absolute Gasteiger partial charge is 0.177 e. The zero-order valence-electron chi connectivity index (χ0n) is 9.39. The maximum atomic E-state index is 9.32. The van der Waals surface area contributed by atoms with E-state index < -0.39 is 0 Å². The molecule has 4 heteroatoms. The van der Waals surface area contributed by atoms with E-state index in [4.69, 9.17) is 12.2 Å². The number of H-pyrrole nitrogens is 1. The van der Waals surface area contributed by atoms with Crippen LogP contribution in [0, 0.1) is 4.77 Å². The highest BCUT2D eigenvalue weighted by atomic mass is 32.1. The van der Waals surface area contributed by atoms with Crippen molar-refractivity contribution in [3.8, 4) is 0 Å². The van der Waals surface area contributed by atoms with Gasteiger partial charge >= 0.3 is 0 Å². The number of aromatic amines is 1. The number of imidazole rings is 1. The fourth-order valence-electron chi connectivity index (χ4n) is 2.65. The van der Waals surface area contributed by atoms with E-state index in [-0.39, 0.29) is 6.61 Å². The summed E-state index contributed by atoms with van der Waals surface area (Å²) in [6.45, 7) is 0.0278. The van der Waals surface area contributed by atoms with Crippen molar-refractivity contribution in [3.63, 3.8) is 0 Å². The molecule has 3 rings (SSSR count). The number of aromatic nitrogens is 2. The molecule has 0 unspecified atom stereocenters. The van der Waals surface area contributed by atoms with Gasteiger partial charge in [-0.05, 0) is 36.2 Å². The van der Waals surface area contributed by atoms with E-state index in [1.165, 1.54) is 11.1 Å². The van der Waals surface area contributed by atoms with Gasteiger partial charge in [-0.3, -0.25) is 0 Å². The van der Waals surface area contributed by atoms with Gasteiger partial charge in [0.2, 0.25) is 0 Å². The third-order valence-corrected chi connectivity index (χ3v) is 3.76. The Morgan fingerprint density at radius 3 is 2.53 bits per heavy atom. The van der Waals surface area contributed by atoms with Crippen LogP contribution in [0.3, 0.4) is 0 Å². The number of fused-ring (bicyclic) bond motifs is 1. The molecule has 1 heterocycles. The number of hydrogen-bond acceptors (Lipinski definition) is 2. The predicted molar refractivity (Wildman–Crippen MR) is 68.4 cm³/mol. The van der Waals surface area contributed by atoms with Crippen LogP contribution in [-0.4, -0.2) is 14.7 Å². The minimum Gasteiger partial charge on any atom is -0.390 e. The Labute approximate surface area is 105 Å². The van der Waals surface area contributed by atoms with Gasteiger partial charge in [0, 0.05) is 12.2 Å². The van der Waals surface area contributed by atoms with Gasteiger partial charge in [0.05, 0.1) is 12.3 Å². The number of aliphatic hydroxyl groups is 1. The van der Waals surface area contributed by atoms with Gasteiger partial charge < -0.3 is 14.7 Å². The van der Waals surface area contributed by atoms with Crippen LogP contribution in [0.5, 0.6) is 0 Å². The van der Waals surface area contributed by atoms with Crippen LogP contribution in [0.15, 0.2) is 30.5 Å². The lowest BCUT2D eigenvalue weighted by atomic mass is 10.1. The minimum atomic E-state index is 0.0278. The van der Waals surface area contributed by atoms with E-state index in [0.29, 0.717) is 10.8 Å². The molecular weight excluding hydrogens is 232 g/mol. The fraction of sp³-hybridized carbons (Fsp3) is 0.308. The number of nitrogens with one attached hydrogen (secondary N) is 1. The molecule has 0 amide bonds. The molecule has 1 aliphatic rings. The first-order valence-corrected chi connectivity index (χ1v) is 6.17. The van der Waals surface area contributed by atoms with Crippen molar-refractivity contribution in [2.24, 2.45) is 0 Å². The zero-order chi connectivity index (χ0) is 11.8. The van der Waals surface area contributed by atoms with Crippen molar-refractivity contribution >= 4 is 12.2 Å². The van der Waals surface area contributed by atoms with Gasteiger partial charge in [-0.15, -0.1) is 0 Å². The monoisotopic (exact) mass is 246 g/mol. The van der Waals surface area contributed by atoms with Crippen LogP contribution in [-0.2, 0) is 19.4 Å². The number of aliphatic hydroxyl groups excluding tert-OH is 1. The van der Waals surface area contributed by atoms with Gasteiger partial charge in [0.25, 0.3) is 0 Å². The first kappa shape index (κ1) is 10.7. The number of hydrogen-bond donors (Lipinski definition) is 2. The van der Waals surface area contributed by atoms with Gasteiger partial charge in [-0.25, -0.2) is 0 Å². The normalized spacial score (nSPS) is 15.1. The van der Waals surface area contributed by atoms with Gasteiger partial charge in [0.1, 0.15) is 0 Å². The lowest BCUT2D eigenvalue weighted by Gasteiger charge is -2.14. The molecule has 1 aromatic carbocycles. The van der Waals surface area contributed by atoms with Crippen LogP contribution in [0.4, 0.5) is 0 Å². The molecule has 3 nitrogen and oxygen atoms in total. The number of rotatable bonds is 2. The van der Waals surface area contributed by atoms with Crippen LogP contribution in [0.1, 0.15) is 22.9 Å². The molecule has 0 spiro atoms. The molecule has 0 saturated carbocycles. The largest absolute Gasteiger partial charge is 0.390 e. The molecule has 0 atom stereocenters. The van der Waals surface area contributed by atoms with Crippen molar-refractivity contribution in [1.82, 2.24) is 9.55 Å². The lowest BCUT2D eigenvalue weighted by Crippen LogP contribution is -2.12. The summed E-state index contributed by atoms with van der Waals surface area (Å²) in [6, 6.07) is 8.83. The zero-order valence-corrected chi connectivity index (χ0v) is 10.2. The highest BCUT2D eigenvalue weighted by molar-refractivity contribution is 7.71. The molecular formula is C13H14N2OS. The summed E-state index contributed by atoms with van der Waals surface area (Å²) in [7, 11) is 0. The molecule has 1 aliphatic carbocycles. The van der Waals surface area contributed by atoms with Crippen molar-refractivity contribution in [2.75, 3.05) is 0 Å². The van der Waals surface area contributed by atoms with Gasteiger partial charge in [-0.2, -0.15) is 0 Å². The quantitative estimate of drug-likeness (QED) is 0.799. The van der Waals surface area contributed by atoms with E-state index in [0.717, 1.165) is 18.5 Å². The first-order chi connectivity index (χ1) is 8.29. The summed E-state index contributed by atoms with van der Waals surface area (Å²) in [4.78, 5) is 3.01. The lowest BCUT2D eigenvalue weighted by molar-refractivity contribution is 0.266. The third kappa shape index (κ3) is 1.73. The molecule has 0 radical (unpaired) electrons. The second-order valence-electron chi connectivity index (χ2n) is 4.44. The molecule has 88 valence electrons. The summed E-state index contributed by atoms with van der Waals surface area (Å²) in [5, 5.41) is 9.32. The Bertz CT molecular complexity index is 574. The molecule has 17 heavy (non-hydrogen) atoms. The van der Waals surface area contributed by atoms with Crippen molar-refractivity contribution in [3.05, 3.63) is 52.1 Å². The Kier molecular flexibility index (Phi) is 2.61. The van der Waals surface area contributed by atoms with Crippen molar-refractivity contribution in [2.45, 2.75) is 25.5 Å². The van der Waals surface area contributed by atoms with Gasteiger partial charge in [0.15, 0.2) is 4.77 Å². The van der Waals surface area contributed by atoms with E-state index in [9.17, 15) is 5.11 Å². The Morgan fingerprint density at radius 1 is 1.29 bits per heavy atom. The van der Waals surface area contributed by atoms with Gasteiger partial charge in [-0.1, -0.05) is 24.3 Å². The highest BCUT2D eigenvalue weighted by Crippen LogP contribution is 2.31. The van der Waals surface area contributed by atoms with Crippen LogP contribution in [0.2, 0.25) is 0 Å².